The minimum atomic E-state index is -0.0336. The highest BCUT2D eigenvalue weighted by Gasteiger charge is 2.32. The van der Waals surface area contributed by atoms with Crippen LogP contribution < -0.4 is 4.74 Å². The van der Waals surface area contributed by atoms with Crippen LogP contribution in [-0.4, -0.2) is 12.4 Å². The Morgan fingerprint density at radius 2 is 1.67 bits per heavy atom. The minimum absolute atomic E-state index is 0.0336. The fourth-order valence-corrected chi connectivity index (χ4v) is 2.93. The van der Waals surface area contributed by atoms with Crippen LogP contribution in [0, 0.1) is 13.8 Å². The molecular formula is C19H20O2. The standard InChI is InChI=1S/C19H20O2/c1-12-7-13(2)9-15(8-12)18(20)14-5-6-17-16(10-14)19(3,4)11-21-17/h5-10H,11H2,1-4H3. The van der Waals surface area contributed by atoms with Gasteiger partial charge in [0, 0.05) is 22.1 Å². The van der Waals surface area contributed by atoms with Crippen LogP contribution in [0.1, 0.15) is 46.5 Å². The van der Waals surface area contributed by atoms with Gasteiger partial charge in [0.05, 0.1) is 6.61 Å². The molecule has 21 heavy (non-hydrogen) atoms. The second-order valence-corrected chi connectivity index (χ2v) is 6.59. The van der Waals surface area contributed by atoms with Gasteiger partial charge in [-0.1, -0.05) is 31.0 Å². The summed E-state index contributed by atoms with van der Waals surface area (Å²) >= 11 is 0. The zero-order chi connectivity index (χ0) is 15.2. The zero-order valence-corrected chi connectivity index (χ0v) is 13.0. The highest BCUT2D eigenvalue weighted by molar-refractivity contribution is 6.09. The first-order chi connectivity index (χ1) is 9.87. The first-order valence-electron chi connectivity index (χ1n) is 7.27. The monoisotopic (exact) mass is 280 g/mol. The molecule has 1 aliphatic rings. The van der Waals surface area contributed by atoms with Gasteiger partial charge in [0.15, 0.2) is 5.78 Å². The summed E-state index contributed by atoms with van der Waals surface area (Å²) in [7, 11) is 0. The van der Waals surface area contributed by atoms with Crippen LogP contribution >= 0.6 is 0 Å². The van der Waals surface area contributed by atoms with Gasteiger partial charge in [0.2, 0.25) is 0 Å². The van der Waals surface area contributed by atoms with E-state index < -0.39 is 0 Å². The van der Waals surface area contributed by atoms with Crippen molar-refractivity contribution in [3.63, 3.8) is 0 Å². The molecule has 108 valence electrons. The molecule has 2 aromatic rings. The molecular weight excluding hydrogens is 260 g/mol. The molecule has 0 aromatic heterocycles. The van der Waals surface area contributed by atoms with Crippen molar-refractivity contribution in [2.45, 2.75) is 33.1 Å². The second-order valence-electron chi connectivity index (χ2n) is 6.59. The number of benzene rings is 2. The molecule has 2 heteroatoms. The first kappa shape index (κ1) is 13.9. The van der Waals surface area contributed by atoms with Gasteiger partial charge >= 0.3 is 0 Å². The predicted molar refractivity (Wildman–Crippen MR) is 84.3 cm³/mol. The van der Waals surface area contributed by atoms with Crippen molar-refractivity contribution in [3.8, 4) is 5.75 Å². The van der Waals surface area contributed by atoms with Gasteiger partial charge in [-0.15, -0.1) is 0 Å². The Kier molecular flexibility index (Phi) is 3.12. The van der Waals surface area contributed by atoms with Crippen LogP contribution in [0.5, 0.6) is 5.75 Å². The lowest BCUT2D eigenvalue weighted by molar-refractivity contribution is 0.103. The normalized spacial score (nSPS) is 15.4. The lowest BCUT2D eigenvalue weighted by Gasteiger charge is -2.15. The maximum atomic E-state index is 12.7. The largest absolute Gasteiger partial charge is 0.492 e. The highest BCUT2D eigenvalue weighted by Crippen LogP contribution is 2.39. The Labute approximate surface area is 125 Å². The smallest absolute Gasteiger partial charge is 0.193 e. The van der Waals surface area contributed by atoms with Crippen LogP contribution in [0.25, 0.3) is 0 Å². The van der Waals surface area contributed by atoms with E-state index in [0.29, 0.717) is 6.61 Å². The van der Waals surface area contributed by atoms with Gasteiger partial charge in [-0.2, -0.15) is 0 Å². The van der Waals surface area contributed by atoms with E-state index in [9.17, 15) is 4.79 Å². The summed E-state index contributed by atoms with van der Waals surface area (Å²) in [6, 6.07) is 11.7. The summed E-state index contributed by atoms with van der Waals surface area (Å²) in [5.74, 6) is 0.976. The molecule has 0 aliphatic carbocycles. The molecule has 0 saturated heterocycles. The summed E-state index contributed by atoms with van der Waals surface area (Å²) in [5.41, 5.74) is 4.80. The van der Waals surface area contributed by atoms with Crippen LogP contribution in [0.15, 0.2) is 36.4 Å². The van der Waals surface area contributed by atoms with Crippen molar-refractivity contribution in [1.82, 2.24) is 0 Å². The Balaban J connectivity index is 2.03. The molecule has 2 nitrogen and oxygen atoms in total. The summed E-state index contributed by atoms with van der Waals surface area (Å²) in [5, 5.41) is 0. The van der Waals surface area contributed by atoms with Crippen molar-refractivity contribution in [2.75, 3.05) is 6.61 Å². The Morgan fingerprint density at radius 3 is 2.33 bits per heavy atom. The molecule has 0 unspecified atom stereocenters. The topological polar surface area (TPSA) is 26.3 Å². The number of fused-ring (bicyclic) bond motifs is 1. The third kappa shape index (κ3) is 2.46. The average molecular weight is 280 g/mol. The number of carbonyl (C=O) groups excluding carboxylic acids is 1. The molecule has 0 saturated carbocycles. The molecule has 0 bridgehead atoms. The molecule has 3 rings (SSSR count). The summed E-state index contributed by atoms with van der Waals surface area (Å²) < 4.78 is 5.68. The van der Waals surface area contributed by atoms with Gasteiger partial charge in [-0.25, -0.2) is 0 Å². The van der Waals surface area contributed by atoms with Crippen molar-refractivity contribution in [3.05, 3.63) is 64.2 Å². The SMILES string of the molecule is Cc1cc(C)cc(C(=O)c2ccc3c(c2)C(C)(C)CO3)c1. The quantitative estimate of drug-likeness (QED) is 0.770. The Hall–Kier alpha value is -2.09. The number of ether oxygens (including phenoxy) is 1. The third-order valence-corrected chi connectivity index (χ3v) is 4.04. The van der Waals surface area contributed by atoms with E-state index >= 15 is 0 Å². The number of ketones is 1. The lowest BCUT2D eigenvalue weighted by atomic mass is 9.85. The number of hydrogen-bond donors (Lipinski definition) is 0. The van der Waals surface area contributed by atoms with E-state index in [1.165, 1.54) is 0 Å². The van der Waals surface area contributed by atoms with E-state index in [1.807, 2.05) is 44.2 Å². The fourth-order valence-electron chi connectivity index (χ4n) is 2.93. The van der Waals surface area contributed by atoms with Crippen molar-refractivity contribution >= 4 is 5.78 Å². The van der Waals surface area contributed by atoms with Crippen molar-refractivity contribution < 1.29 is 9.53 Å². The number of hydrogen-bond acceptors (Lipinski definition) is 2. The molecule has 0 spiro atoms. The maximum absolute atomic E-state index is 12.7. The minimum Gasteiger partial charge on any atom is -0.492 e. The van der Waals surface area contributed by atoms with Crippen LogP contribution in [0.2, 0.25) is 0 Å². The van der Waals surface area contributed by atoms with Crippen LogP contribution in [-0.2, 0) is 5.41 Å². The van der Waals surface area contributed by atoms with Gasteiger partial charge in [0.1, 0.15) is 5.75 Å². The Morgan fingerprint density at radius 1 is 1.00 bits per heavy atom. The summed E-state index contributed by atoms with van der Waals surface area (Å²) in [6.45, 7) is 8.99. The van der Waals surface area contributed by atoms with Crippen molar-refractivity contribution in [1.29, 1.82) is 0 Å². The molecule has 2 aromatic carbocycles. The zero-order valence-electron chi connectivity index (χ0n) is 13.0. The van der Waals surface area contributed by atoms with E-state index in [2.05, 4.69) is 19.9 Å². The lowest BCUT2D eigenvalue weighted by Crippen LogP contribution is -2.18. The van der Waals surface area contributed by atoms with Gasteiger partial charge in [-0.3, -0.25) is 4.79 Å². The van der Waals surface area contributed by atoms with E-state index in [-0.39, 0.29) is 11.2 Å². The van der Waals surface area contributed by atoms with E-state index in [1.54, 1.807) is 0 Å². The van der Waals surface area contributed by atoms with Crippen LogP contribution in [0.3, 0.4) is 0 Å². The number of aryl methyl sites for hydroxylation is 2. The fraction of sp³-hybridized carbons (Fsp3) is 0.316. The van der Waals surface area contributed by atoms with E-state index in [4.69, 9.17) is 4.74 Å². The number of rotatable bonds is 2. The summed E-state index contributed by atoms with van der Waals surface area (Å²) in [6.07, 6.45) is 0. The molecule has 0 atom stereocenters. The maximum Gasteiger partial charge on any atom is 0.193 e. The third-order valence-electron chi connectivity index (χ3n) is 4.04. The molecule has 1 aliphatic heterocycles. The predicted octanol–water partition coefficient (Wildman–Crippen LogP) is 4.20. The average Bonchev–Trinajstić information content (AvgIpc) is 2.72. The highest BCUT2D eigenvalue weighted by atomic mass is 16.5. The first-order valence-corrected chi connectivity index (χ1v) is 7.27. The van der Waals surface area contributed by atoms with Gasteiger partial charge < -0.3 is 4.74 Å². The van der Waals surface area contributed by atoms with Crippen molar-refractivity contribution in [2.24, 2.45) is 0 Å². The summed E-state index contributed by atoms with van der Waals surface area (Å²) in [4.78, 5) is 12.7. The molecule has 0 amide bonds. The molecule has 0 N–H and O–H groups in total. The van der Waals surface area contributed by atoms with Gasteiger partial charge in [0.25, 0.3) is 0 Å². The second kappa shape index (κ2) is 4.73. The number of carbonyl (C=O) groups is 1. The van der Waals surface area contributed by atoms with Gasteiger partial charge in [-0.05, 0) is 44.2 Å². The van der Waals surface area contributed by atoms with Crippen LogP contribution in [0.4, 0.5) is 0 Å². The molecule has 1 heterocycles. The van der Waals surface area contributed by atoms with E-state index in [0.717, 1.165) is 33.6 Å². The molecule has 0 fully saturated rings. The molecule has 0 radical (unpaired) electrons. The Bertz CT molecular complexity index is 706.